The molecule has 4 rings (SSSR count). The number of aromatic nitrogens is 1. The van der Waals surface area contributed by atoms with E-state index in [1.54, 1.807) is 0 Å². The number of nitrogens with one attached hydrogen (secondary N) is 1. The molecule has 1 fully saturated rings. The van der Waals surface area contributed by atoms with E-state index in [1.807, 2.05) is 0 Å². The Morgan fingerprint density at radius 1 is 1.02 bits per heavy atom. The smallest absolute Gasteiger partial charge is 0.320 e. The number of alkyl halides is 7. The topological polar surface area (TPSA) is 62.3 Å². The number of pyridine rings is 1. The molecule has 0 unspecified atom stereocenters. The Hall–Kier alpha value is -3.20. The van der Waals surface area contributed by atoms with Gasteiger partial charge in [0.15, 0.2) is 0 Å². The van der Waals surface area contributed by atoms with Gasteiger partial charge in [-0.2, -0.15) is 26.3 Å². The van der Waals surface area contributed by atoms with Gasteiger partial charge in [-0.05, 0) is 83.4 Å². The number of hydrogen-bond acceptors (Lipinski definition) is 4. The van der Waals surface area contributed by atoms with Crippen LogP contribution in [0.1, 0.15) is 39.1 Å². The molecule has 2 amide bonds. The monoisotopic (exact) mass is 681 g/mol. The highest BCUT2D eigenvalue weighted by atomic mass is 79.9. The van der Waals surface area contributed by atoms with Gasteiger partial charge in [-0.3, -0.25) is 14.6 Å². The SMILES string of the molecule is CSc1cc(C(F)(C(F)(F)F)C(F)(F)F)cc(Br)c1NC(=O)c1ccc(F)c(N(CC2CC2)C(=O)c2cccnc2)c1. The Morgan fingerprint density at radius 2 is 1.69 bits per heavy atom. The van der Waals surface area contributed by atoms with Crippen molar-refractivity contribution < 1.29 is 44.7 Å². The molecule has 0 spiro atoms. The summed E-state index contributed by atoms with van der Waals surface area (Å²) in [6.45, 7) is 0.169. The quantitative estimate of drug-likeness (QED) is 0.192. The maximum Gasteiger partial charge on any atom is 0.435 e. The van der Waals surface area contributed by atoms with E-state index in [9.17, 15) is 40.3 Å². The Kier molecular flexibility index (Phi) is 8.93. The second kappa shape index (κ2) is 11.8. The second-order valence-corrected chi connectivity index (χ2v) is 11.1. The number of thioether (sulfide) groups is 1. The number of nitrogens with zero attached hydrogens (tertiary/aromatic N) is 2. The fourth-order valence-electron chi connectivity index (χ4n) is 4.09. The maximum atomic E-state index is 15.0. The highest BCUT2D eigenvalue weighted by Crippen LogP contribution is 2.54. The number of benzene rings is 2. The van der Waals surface area contributed by atoms with Gasteiger partial charge >= 0.3 is 18.0 Å². The lowest BCUT2D eigenvalue weighted by Gasteiger charge is -2.31. The first-order chi connectivity index (χ1) is 19.6. The normalized spacial score (nSPS) is 14.0. The molecular weight excluding hydrogens is 662 g/mol. The fraction of sp³-hybridized carbons (Fsp3) is 0.296. The summed E-state index contributed by atoms with van der Waals surface area (Å²) in [6.07, 6.45) is -6.93. The van der Waals surface area contributed by atoms with Crippen LogP contribution in [0.4, 0.5) is 46.5 Å². The van der Waals surface area contributed by atoms with Crippen LogP contribution in [0.25, 0.3) is 0 Å². The van der Waals surface area contributed by atoms with E-state index in [0.29, 0.717) is 17.8 Å². The predicted molar refractivity (Wildman–Crippen MR) is 144 cm³/mol. The van der Waals surface area contributed by atoms with Crippen molar-refractivity contribution >= 4 is 50.9 Å². The van der Waals surface area contributed by atoms with E-state index in [4.69, 9.17) is 0 Å². The first-order valence-corrected chi connectivity index (χ1v) is 14.1. The number of rotatable bonds is 8. The van der Waals surface area contributed by atoms with Crippen LogP contribution in [-0.4, -0.2) is 42.0 Å². The molecule has 3 aromatic rings. The Morgan fingerprint density at radius 3 is 2.24 bits per heavy atom. The van der Waals surface area contributed by atoms with E-state index in [-0.39, 0.29) is 45.9 Å². The highest BCUT2D eigenvalue weighted by molar-refractivity contribution is 9.10. The van der Waals surface area contributed by atoms with E-state index >= 15 is 4.39 Å². The Labute approximate surface area is 246 Å². The molecule has 224 valence electrons. The average molecular weight is 682 g/mol. The molecule has 0 bridgehead atoms. The Bertz CT molecular complexity index is 1480. The molecule has 0 saturated heterocycles. The van der Waals surface area contributed by atoms with E-state index < -0.39 is 45.7 Å². The summed E-state index contributed by atoms with van der Waals surface area (Å²) in [5.41, 5.74) is -7.84. The lowest BCUT2D eigenvalue weighted by Crippen LogP contribution is -2.50. The van der Waals surface area contributed by atoms with E-state index in [1.165, 1.54) is 35.7 Å². The van der Waals surface area contributed by atoms with Gasteiger partial charge in [-0.1, -0.05) is 0 Å². The zero-order valence-corrected chi connectivity index (χ0v) is 23.8. The van der Waals surface area contributed by atoms with Crippen molar-refractivity contribution in [1.82, 2.24) is 4.98 Å². The molecule has 15 heteroatoms. The molecule has 1 aliphatic carbocycles. The third-order valence-electron chi connectivity index (χ3n) is 6.48. The number of halogens is 9. The minimum atomic E-state index is -6.32. The highest BCUT2D eigenvalue weighted by Gasteiger charge is 2.73. The maximum absolute atomic E-state index is 15.0. The molecule has 5 nitrogen and oxygen atoms in total. The summed E-state index contributed by atoms with van der Waals surface area (Å²) in [6, 6.07) is 6.84. The average Bonchev–Trinajstić information content (AvgIpc) is 3.75. The first-order valence-electron chi connectivity index (χ1n) is 12.1. The van der Waals surface area contributed by atoms with Gasteiger partial charge in [-0.15, -0.1) is 11.8 Å². The fourth-order valence-corrected chi connectivity index (χ4v) is 5.39. The summed E-state index contributed by atoms with van der Waals surface area (Å²) in [5.74, 6) is -2.16. The summed E-state index contributed by atoms with van der Waals surface area (Å²) in [7, 11) is 0. The van der Waals surface area contributed by atoms with Gasteiger partial charge in [-0.25, -0.2) is 8.78 Å². The largest absolute Gasteiger partial charge is 0.435 e. The van der Waals surface area contributed by atoms with Crippen LogP contribution >= 0.6 is 27.7 Å². The zero-order chi connectivity index (χ0) is 31.0. The van der Waals surface area contributed by atoms with Gasteiger partial charge in [0.05, 0.1) is 16.9 Å². The lowest BCUT2D eigenvalue weighted by atomic mass is 9.94. The van der Waals surface area contributed by atoms with Crippen LogP contribution < -0.4 is 10.2 Å². The summed E-state index contributed by atoms with van der Waals surface area (Å²) in [5, 5.41) is 2.37. The van der Waals surface area contributed by atoms with Gasteiger partial charge in [0.25, 0.3) is 11.8 Å². The summed E-state index contributed by atoms with van der Waals surface area (Å²) in [4.78, 5) is 31.2. The van der Waals surface area contributed by atoms with Crippen molar-refractivity contribution in [2.45, 2.75) is 35.8 Å². The molecule has 1 aliphatic rings. The van der Waals surface area contributed by atoms with E-state index in [2.05, 4.69) is 26.2 Å². The molecule has 1 heterocycles. The van der Waals surface area contributed by atoms with E-state index in [0.717, 1.165) is 31.0 Å². The third kappa shape index (κ3) is 6.26. The van der Waals surface area contributed by atoms with Crippen LogP contribution in [0.15, 0.2) is 64.2 Å². The number of carbonyl (C=O) groups is 2. The number of hydrogen-bond donors (Lipinski definition) is 1. The molecule has 0 atom stereocenters. The van der Waals surface area contributed by atoms with Crippen molar-refractivity contribution in [2.24, 2.45) is 5.92 Å². The second-order valence-electron chi connectivity index (χ2n) is 9.41. The molecule has 0 aliphatic heterocycles. The molecular formula is C27H20BrF8N3O2S. The minimum absolute atomic E-state index is 0.122. The lowest BCUT2D eigenvalue weighted by molar-refractivity contribution is -0.348. The molecule has 2 aromatic carbocycles. The van der Waals surface area contributed by atoms with Gasteiger partial charge in [0, 0.05) is 39.4 Å². The van der Waals surface area contributed by atoms with Crippen molar-refractivity contribution in [3.05, 3.63) is 81.8 Å². The summed E-state index contributed by atoms with van der Waals surface area (Å²) < 4.78 is 109. The van der Waals surface area contributed by atoms with Crippen LogP contribution in [0.5, 0.6) is 0 Å². The van der Waals surface area contributed by atoms with Gasteiger partial charge < -0.3 is 10.2 Å². The Balaban J connectivity index is 1.69. The van der Waals surface area contributed by atoms with Crippen LogP contribution in [-0.2, 0) is 5.67 Å². The first kappa shape index (κ1) is 31.7. The number of carbonyl (C=O) groups excluding carboxylic acids is 2. The van der Waals surface area contributed by atoms with Gasteiger partial charge in [0.2, 0.25) is 0 Å². The standard InChI is InChI=1S/C27H20BrF8N3O2S/c1-42-21-11-17(25(30,26(31,32)33)27(34,35)36)10-18(28)22(21)38-23(40)15-6-7-19(29)20(9-15)39(13-14-4-5-14)24(41)16-3-2-8-37-12-16/h2-3,6-12,14H,4-5,13H2,1H3,(H,38,40). The van der Waals surface area contributed by atoms with Crippen molar-refractivity contribution in [1.29, 1.82) is 0 Å². The third-order valence-corrected chi connectivity index (χ3v) is 7.87. The molecule has 1 saturated carbocycles. The minimum Gasteiger partial charge on any atom is -0.320 e. The van der Waals surface area contributed by atoms with Gasteiger partial charge in [0.1, 0.15) is 5.82 Å². The number of anilines is 2. The molecule has 1 N–H and O–H groups in total. The van der Waals surface area contributed by atoms with Crippen LogP contribution in [0.2, 0.25) is 0 Å². The van der Waals surface area contributed by atoms with Crippen molar-refractivity contribution in [3.8, 4) is 0 Å². The predicted octanol–water partition coefficient (Wildman–Crippen LogP) is 8.30. The zero-order valence-electron chi connectivity index (χ0n) is 21.4. The van der Waals surface area contributed by atoms with Crippen molar-refractivity contribution in [2.75, 3.05) is 23.0 Å². The number of amides is 2. The molecule has 0 radical (unpaired) electrons. The summed E-state index contributed by atoms with van der Waals surface area (Å²) >= 11 is 3.51. The molecule has 1 aromatic heterocycles. The van der Waals surface area contributed by atoms with Crippen LogP contribution in [0.3, 0.4) is 0 Å². The van der Waals surface area contributed by atoms with Crippen molar-refractivity contribution in [3.63, 3.8) is 0 Å². The van der Waals surface area contributed by atoms with Crippen LogP contribution in [0, 0.1) is 11.7 Å². The molecule has 42 heavy (non-hydrogen) atoms.